The Kier molecular flexibility index (Phi) is 4.85. The Balaban J connectivity index is 1.55. The summed E-state index contributed by atoms with van der Waals surface area (Å²) in [5.74, 6) is 0. The van der Waals surface area contributed by atoms with Crippen molar-refractivity contribution in [3.05, 3.63) is 18.0 Å². The van der Waals surface area contributed by atoms with Gasteiger partial charge in [-0.2, -0.15) is 5.10 Å². The zero-order chi connectivity index (χ0) is 15.6. The molecular formula is C17H29N3O2. The lowest BCUT2D eigenvalue weighted by atomic mass is 9.81. The maximum Gasteiger partial charge on any atom is 0.0735 e. The highest BCUT2D eigenvalue weighted by atomic mass is 16.5. The minimum absolute atomic E-state index is 0.0809. The van der Waals surface area contributed by atoms with Crippen LogP contribution in [0.4, 0.5) is 0 Å². The summed E-state index contributed by atoms with van der Waals surface area (Å²) in [6.45, 7) is 8.23. The van der Waals surface area contributed by atoms with Crippen molar-refractivity contribution in [2.45, 2.75) is 76.9 Å². The van der Waals surface area contributed by atoms with Gasteiger partial charge in [-0.25, -0.2) is 0 Å². The van der Waals surface area contributed by atoms with Crippen molar-refractivity contribution < 1.29 is 9.84 Å². The Labute approximate surface area is 133 Å². The second-order valence-corrected chi connectivity index (χ2v) is 6.91. The molecule has 0 amide bonds. The smallest absolute Gasteiger partial charge is 0.0735 e. The minimum atomic E-state index is -0.187. The molecule has 2 aliphatic heterocycles. The van der Waals surface area contributed by atoms with Crippen LogP contribution in [0.5, 0.6) is 0 Å². The van der Waals surface area contributed by atoms with Crippen molar-refractivity contribution in [3.63, 3.8) is 0 Å². The SMILES string of the molecule is CC[C@H]1C[C@@H](O)CC2(CCN(Cc3cnn(CC)c3)CC2)O1. The van der Waals surface area contributed by atoms with Gasteiger partial charge in [0, 0.05) is 44.4 Å². The van der Waals surface area contributed by atoms with Crippen LogP contribution in [0.1, 0.15) is 51.5 Å². The van der Waals surface area contributed by atoms with Crippen LogP contribution in [0.2, 0.25) is 0 Å². The molecule has 1 spiro atoms. The van der Waals surface area contributed by atoms with Crippen molar-refractivity contribution in [2.24, 2.45) is 0 Å². The lowest BCUT2D eigenvalue weighted by Gasteiger charge is -2.47. The van der Waals surface area contributed by atoms with Gasteiger partial charge >= 0.3 is 0 Å². The number of hydrogen-bond acceptors (Lipinski definition) is 4. The molecule has 0 bridgehead atoms. The van der Waals surface area contributed by atoms with Gasteiger partial charge < -0.3 is 9.84 Å². The molecule has 5 heteroatoms. The molecular weight excluding hydrogens is 278 g/mol. The third-order valence-corrected chi connectivity index (χ3v) is 5.20. The first-order valence-electron chi connectivity index (χ1n) is 8.72. The molecule has 0 unspecified atom stereocenters. The first-order valence-corrected chi connectivity index (χ1v) is 8.72. The Bertz CT molecular complexity index is 480. The summed E-state index contributed by atoms with van der Waals surface area (Å²) in [6.07, 6.45) is 8.83. The number of aliphatic hydroxyl groups excluding tert-OH is 1. The second kappa shape index (κ2) is 6.69. The standard InChI is InChI=1S/C17H29N3O2/c1-3-16-9-15(21)10-17(22-16)5-7-19(8-6-17)12-14-11-18-20(4-2)13-14/h11,13,15-16,21H,3-10,12H2,1-2H3/t15-,16+/m1/s1. The zero-order valence-electron chi connectivity index (χ0n) is 13.9. The van der Waals surface area contributed by atoms with E-state index in [1.807, 2.05) is 10.9 Å². The second-order valence-electron chi connectivity index (χ2n) is 6.91. The number of rotatable bonds is 4. The normalized spacial score (nSPS) is 29.0. The van der Waals surface area contributed by atoms with Gasteiger partial charge in [-0.1, -0.05) is 6.92 Å². The van der Waals surface area contributed by atoms with Crippen LogP contribution in [0, 0.1) is 0 Å². The van der Waals surface area contributed by atoms with Gasteiger partial charge in [-0.3, -0.25) is 9.58 Å². The van der Waals surface area contributed by atoms with E-state index in [9.17, 15) is 5.11 Å². The summed E-state index contributed by atoms with van der Waals surface area (Å²) in [7, 11) is 0. The lowest BCUT2D eigenvalue weighted by molar-refractivity contribution is -0.182. The fraction of sp³-hybridized carbons (Fsp3) is 0.824. The highest BCUT2D eigenvalue weighted by Gasteiger charge is 2.42. The molecule has 3 rings (SSSR count). The van der Waals surface area contributed by atoms with Gasteiger partial charge in [0.2, 0.25) is 0 Å². The van der Waals surface area contributed by atoms with Gasteiger partial charge in [0.05, 0.1) is 24.0 Å². The fourth-order valence-electron chi connectivity index (χ4n) is 3.88. The van der Waals surface area contributed by atoms with Gasteiger partial charge in [-0.15, -0.1) is 0 Å². The van der Waals surface area contributed by atoms with E-state index in [-0.39, 0.29) is 17.8 Å². The number of aryl methyl sites for hydroxylation is 1. The Morgan fingerprint density at radius 2 is 2.14 bits per heavy atom. The van der Waals surface area contributed by atoms with Crippen molar-refractivity contribution >= 4 is 0 Å². The first kappa shape index (κ1) is 16.0. The molecule has 3 heterocycles. The molecule has 124 valence electrons. The third-order valence-electron chi connectivity index (χ3n) is 5.20. The number of piperidine rings is 1. The van der Waals surface area contributed by atoms with Crippen LogP contribution in [0.25, 0.3) is 0 Å². The number of ether oxygens (including phenoxy) is 1. The summed E-state index contributed by atoms with van der Waals surface area (Å²) in [5, 5.41) is 14.5. The van der Waals surface area contributed by atoms with E-state index in [1.165, 1.54) is 5.56 Å². The summed E-state index contributed by atoms with van der Waals surface area (Å²) >= 11 is 0. The predicted octanol–water partition coefficient (Wildman–Crippen LogP) is 2.19. The van der Waals surface area contributed by atoms with Crippen molar-refractivity contribution in [1.29, 1.82) is 0 Å². The minimum Gasteiger partial charge on any atom is -0.393 e. The number of aliphatic hydroxyl groups is 1. The van der Waals surface area contributed by atoms with E-state index in [0.717, 1.165) is 58.3 Å². The van der Waals surface area contributed by atoms with Gasteiger partial charge in [-0.05, 0) is 32.6 Å². The molecule has 0 aliphatic carbocycles. The highest BCUT2D eigenvalue weighted by molar-refractivity contribution is 5.04. The molecule has 1 aromatic heterocycles. The summed E-state index contributed by atoms with van der Waals surface area (Å²) in [6, 6.07) is 0. The van der Waals surface area contributed by atoms with Crippen LogP contribution in [0.3, 0.4) is 0 Å². The van der Waals surface area contributed by atoms with Gasteiger partial charge in [0.15, 0.2) is 0 Å². The fourth-order valence-corrected chi connectivity index (χ4v) is 3.88. The zero-order valence-corrected chi connectivity index (χ0v) is 13.9. The molecule has 0 radical (unpaired) electrons. The number of aromatic nitrogens is 2. The van der Waals surface area contributed by atoms with Crippen molar-refractivity contribution in [2.75, 3.05) is 13.1 Å². The molecule has 1 aromatic rings. The maximum absolute atomic E-state index is 10.2. The van der Waals surface area contributed by atoms with E-state index in [1.54, 1.807) is 0 Å². The maximum atomic E-state index is 10.2. The van der Waals surface area contributed by atoms with Crippen molar-refractivity contribution in [1.82, 2.24) is 14.7 Å². The van der Waals surface area contributed by atoms with E-state index in [2.05, 4.69) is 30.0 Å². The summed E-state index contributed by atoms with van der Waals surface area (Å²) in [5.41, 5.74) is 1.21. The highest BCUT2D eigenvalue weighted by Crippen LogP contribution is 2.38. The molecule has 1 N–H and O–H groups in total. The quantitative estimate of drug-likeness (QED) is 0.926. The number of hydrogen-bond donors (Lipinski definition) is 1. The Morgan fingerprint density at radius 1 is 1.36 bits per heavy atom. The predicted molar refractivity (Wildman–Crippen MR) is 85.5 cm³/mol. The van der Waals surface area contributed by atoms with Gasteiger partial charge in [0.1, 0.15) is 0 Å². The Morgan fingerprint density at radius 3 is 2.77 bits per heavy atom. The molecule has 5 nitrogen and oxygen atoms in total. The van der Waals surface area contributed by atoms with Crippen LogP contribution in [-0.4, -0.2) is 50.7 Å². The molecule has 0 aromatic carbocycles. The number of nitrogens with zero attached hydrogens (tertiary/aromatic N) is 3. The third kappa shape index (κ3) is 3.53. The summed E-state index contributed by atoms with van der Waals surface area (Å²) < 4.78 is 8.33. The topological polar surface area (TPSA) is 50.5 Å². The van der Waals surface area contributed by atoms with E-state index in [4.69, 9.17) is 4.74 Å². The molecule has 0 saturated carbocycles. The van der Waals surface area contributed by atoms with Crippen LogP contribution in [0.15, 0.2) is 12.4 Å². The number of likely N-dealkylation sites (tertiary alicyclic amines) is 1. The molecule has 22 heavy (non-hydrogen) atoms. The van der Waals surface area contributed by atoms with E-state index in [0.29, 0.717) is 0 Å². The van der Waals surface area contributed by atoms with E-state index < -0.39 is 0 Å². The van der Waals surface area contributed by atoms with Gasteiger partial charge in [0.25, 0.3) is 0 Å². The molecule has 2 aliphatic rings. The summed E-state index contributed by atoms with van der Waals surface area (Å²) in [4.78, 5) is 2.48. The van der Waals surface area contributed by atoms with Crippen molar-refractivity contribution in [3.8, 4) is 0 Å². The monoisotopic (exact) mass is 307 g/mol. The van der Waals surface area contributed by atoms with Crippen LogP contribution < -0.4 is 0 Å². The Hall–Kier alpha value is -0.910. The first-order chi connectivity index (χ1) is 10.6. The average molecular weight is 307 g/mol. The lowest BCUT2D eigenvalue weighted by Crippen LogP contribution is -2.52. The largest absolute Gasteiger partial charge is 0.393 e. The van der Waals surface area contributed by atoms with Crippen LogP contribution >= 0.6 is 0 Å². The van der Waals surface area contributed by atoms with Crippen LogP contribution in [-0.2, 0) is 17.8 Å². The molecule has 2 atom stereocenters. The molecule has 2 saturated heterocycles. The molecule has 2 fully saturated rings. The average Bonchev–Trinajstić information content (AvgIpc) is 2.97. The van der Waals surface area contributed by atoms with E-state index >= 15 is 0 Å².